The summed E-state index contributed by atoms with van der Waals surface area (Å²) in [5.41, 5.74) is 1.19. The summed E-state index contributed by atoms with van der Waals surface area (Å²) in [6.07, 6.45) is 7.95. The summed E-state index contributed by atoms with van der Waals surface area (Å²) >= 11 is 0. The van der Waals surface area contributed by atoms with Crippen LogP contribution in [0.2, 0.25) is 0 Å². The van der Waals surface area contributed by atoms with E-state index in [4.69, 9.17) is 9.15 Å². The average Bonchev–Trinajstić information content (AvgIpc) is 3.04. The first-order valence-electron chi connectivity index (χ1n) is 11.3. The van der Waals surface area contributed by atoms with Crippen molar-refractivity contribution < 1.29 is 17.6 Å². The van der Waals surface area contributed by atoms with Crippen molar-refractivity contribution in [2.24, 2.45) is 0 Å². The first-order chi connectivity index (χ1) is 14.6. The normalized spacial score (nSPS) is 25.8. The van der Waals surface area contributed by atoms with Crippen LogP contribution < -0.4 is 5.76 Å². The van der Waals surface area contributed by atoms with Crippen molar-refractivity contribution in [3.8, 4) is 0 Å². The number of aromatic nitrogens is 1. The van der Waals surface area contributed by atoms with Gasteiger partial charge in [0.15, 0.2) is 15.4 Å². The van der Waals surface area contributed by atoms with Gasteiger partial charge in [-0.1, -0.05) is 0 Å². The Hall–Kier alpha value is -1.35. The van der Waals surface area contributed by atoms with Crippen LogP contribution in [0.3, 0.4) is 0 Å². The Balaban J connectivity index is 0.00000289. The second-order valence-corrected chi connectivity index (χ2v) is 11.8. The van der Waals surface area contributed by atoms with Crippen molar-refractivity contribution in [3.63, 3.8) is 0 Å². The van der Waals surface area contributed by atoms with Crippen LogP contribution in [0, 0.1) is 0 Å². The maximum absolute atomic E-state index is 12.6. The van der Waals surface area contributed by atoms with Crippen molar-refractivity contribution in [3.05, 3.63) is 28.7 Å². The van der Waals surface area contributed by atoms with Gasteiger partial charge in [0.2, 0.25) is 0 Å². The van der Waals surface area contributed by atoms with Crippen LogP contribution >= 0.6 is 12.4 Å². The minimum absolute atomic E-state index is 0. The second-order valence-electron chi connectivity index (χ2n) is 9.74. The number of sulfone groups is 1. The summed E-state index contributed by atoms with van der Waals surface area (Å²) in [6, 6.07) is 4.66. The van der Waals surface area contributed by atoms with E-state index < -0.39 is 15.6 Å². The standard InChI is InChI=1S/C23H34N2O5S.ClH/c1-16(2)29-18-7-11-23(3,12-8-18)24-13-9-17(10-14-24)25-20-15-19(31(4,27)28)5-6-21(20)30-22(25)26;/h5-6,15-18H,7-14H2,1-4H3;1H/t18-,23-;. The van der Waals surface area contributed by atoms with Gasteiger partial charge in [-0.2, -0.15) is 0 Å². The van der Waals surface area contributed by atoms with Crippen LogP contribution in [-0.4, -0.2) is 55.0 Å². The van der Waals surface area contributed by atoms with Gasteiger partial charge in [0.25, 0.3) is 0 Å². The number of oxazole rings is 1. The van der Waals surface area contributed by atoms with E-state index in [0.29, 0.717) is 17.2 Å². The van der Waals surface area contributed by atoms with Gasteiger partial charge in [-0.15, -0.1) is 12.4 Å². The SMILES string of the molecule is CC(C)O[C@H]1CC[C@](C)(N2CCC(n3c(=O)oc4ccc(S(C)(=O)=O)cc43)CC2)CC1.Cl. The number of rotatable bonds is 5. The zero-order chi connectivity index (χ0) is 22.4. The van der Waals surface area contributed by atoms with Gasteiger partial charge in [-0.25, -0.2) is 13.2 Å². The van der Waals surface area contributed by atoms with Crippen molar-refractivity contribution in [2.45, 2.75) is 88.0 Å². The molecule has 0 bridgehead atoms. The van der Waals surface area contributed by atoms with E-state index in [1.165, 1.54) is 12.3 Å². The lowest BCUT2D eigenvalue weighted by molar-refractivity contribution is -0.0520. The van der Waals surface area contributed by atoms with E-state index in [2.05, 4.69) is 25.7 Å². The number of hydrogen-bond donors (Lipinski definition) is 0. The van der Waals surface area contributed by atoms with Crippen LogP contribution in [-0.2, 0) is 14.6 Å². The van der Waals surface area contributed by atoms with Crippen LogP contribution in [0.1, 0.15) is 65.3 Å². The molecule has 0 atom stereocenters. The molecule has 1 aliphatic heterocycles. The van der Waals surface area contributed by atoms with Crippen LogP contribution in [0.15, 0.2) is 32.3 Å². The maximum Gasteiger partial charge on any atom is 0.420 e. The predicted molar refractivity (Wildman–Crippen MR) is 128 cm³/mol. The van der Waals surface area contributed by atoms with Gasteiger partial charge >= 0.3 is 5.76 Å². The van der Waals surface area contributed by atoms with Crippen molar-refractivity contribution >= 4 is 33.3 Å². The van der Waals surface area contributed by atoms with Crippen LogP contribution in [0.4, 0.5) is 0 Å². The smallest absolute Gasteiger partial charge is 0.408 e. The summed E-state index contributed by atoms with van der Waals surface area (Å²) in [5, 5.41) is 0. The first-order valence-corrected chi connectivity index (χ1v) is 13.2. The Morgan fingerprint density at radius 1 is 1.12 bits per heavy atom. The lowest BCUT2D eigenvalue weighted by Crippen LogP contribution is -2.53. The fraction of sp³-hybridized carbons (Fsp3) is 0.696. The number of nitrogens with zero attached hydrogens (tertiary/aromatic N) is 2. The lowest BCUT2D eigenvalue weighted by Gasteiger charge is -2.48. The molecule has 0 N–H and O–H groups in total. The number of benzene rings is 1. The highest BCUT2D eigenvalue weighted by Gasteiger charge is 2.39. The maximum atomic E-state index is 12.6. The number of piperidine rings is 1. The number of ether oxygens (including phenoxy) is 1. The minimum atomic E-state index is -3.35. The van der Waals surface area contributed by atoms with E-state index in [9.17, 15) is 13.2 Å². The zero-order valence-electron chi connectivity index (χ0n) is 19.4. The summed E-state index contributed by atoms with van der Waals surface area (Å²) in [6.45, 7) is 8.39. The second kappa shape index (κ2) is 9.49. The monoisotopic (exact) mass is 486 g/mol. The number of fused-ring (bicyclic) bond motifs is 1. The molecule has 2 aliphatic rings. The Kier molecular flexibility index (Phi) is 7.49. The molecule has 1 aromatic carbocycles. The number of halogens is 1. The molecule has 9 heteroatoms. The van der Waals surface area contributed by atoms with Gasteiger partial charge < -0.3 is 9.15 Å². The molecule has 2 heterocycles. The highest BCUT2D eigenvalue weighted by Crippen LogP contribution is 2.38. The molecular weight excluding hydrogens is 452 g/mol. The quantitative estimate of drug-likeness (QED) is 0.630. The lowest BCUT2D eigenvalue weighted by atomic mass is 9.79. The average molecular weight is 487 g/mol. The molecule has 1 saturated heterocycles. The van der Waals surface area contributed by atoms with E-state index in [0.717, 1.165) is 51.6 Å². The number of hydrogen-bond acceptors (Lipinski definition) is 6. The third-order valence-electron chi connectivity index (χ3n) is 7.08. The summed E-state index contributed by atoms with van der Waals surface area (Å²) in [5.74, 6) is -0.406. The van der Waals surface area contributed by atoms with Crippen molar-refractivity contribution in [2.75, 3.05) is 19.3 Å². The Morgan fingerprint density at radius 2 is 1.75 bits per heavy atom. The molecule has 0 unspecified atom stereocenters. The van der Waals surface area contributed by atoms with Gasteiger partial charge in [0.05, 0.1) is 22.6 Å². The van der Waals surface area contributed by atoms with Crippen molar-refractivity contribution in [1.29, 1.82) is 0 Å². The minimum Gasteiger partial charge on any atom is -0.408 e. The molecule has 4 rings (SSSR count). The fourth-order valence-corrected chi connectivity index (χ4v) is 5.95. The highest BCUT2D eigenvalue weighted by atomic mass is 35.5. The number of likely N-dealkylation sites (tertiary alicyclic amines) is 1. The van der Waals surface area contributed by atoms with Gasteiger partial charge in [-0.05, 0) is 77.5 Å². The third-order valence-corrected chi connectivity index (χ3v) is 8.19. The highest BCUT2D eigenvalue weighted by molar-refractivity contribution is 7.90. The van der Waals surface area contributed by atoms with Crippen LogP contribution in [0.25, 0.3) is 11.1 Å². The summed E-state index contributed by atoms with van der Waals surface area (Å²) < 4.78 is 37.0. The molecule has 1 aliphatic carbocycles. The van der Waals surface area contributed by atoms with Crippen molar-refractivity contribution in [1.82, 2.24) is 9.47 Å². The largest absolute Gasteiger partial charge is 0.420 e. The molecule has 0 amide bonds. The molecule has 7 nitrogen and oxygen atoms in total. The molecule has 2 aromatic rings. The van der Waals surface area contributed by atoms with E-state index in [1.807, 2.05) is 0 Å². The van der Waals surface area contributed by atoms with E-state index >= 15 is 0 Å². The predicted octanol–water partition coefficient (Wildman–Crippen LogP) is 4.18. The Labute approximate surface area is 196 Å². The van der Waals surface area contributed by atoms with E-state index in [1.54, 1.807) is 16.7 Å². The van der Waals surface area contributed by atoms with Gasteiger partial charge in [-0.3, -0.25) is 9.47 Å². The molecule has 1 saturated carbocycles. The third kappa shape index (κ3) is 5.08. The molecule has 1 aromatic heterocycles. The van der Waals surface area contributed by atoms with Gasteiger partial charge in [0, 0.05) is 30.9 Å². The topological polar surface area (TPSA) is 81.8 Å². The van der Waals surface area contributed by atoms with Gasteiger partial charge in [0.1, 0.15) is 0 Å². The molecule has 2 fully saturated rings. The zero-order valence-corrected chi connectivity index (χ0v) is 21.0. The summed E-state index contributed by atoms with van der Waals surface area (Å²) in [4.78, 5) is 15.4. The summed E-state index contributed by atoms with van der Waals surface area (Å²) in [7, 11) is -3.35. The van der Waals surface area contributed by atoms with E-state index in [-0.39, 0.29) is 35.0 Å². The molecule has 32 heavy (non-hydrogen) atoms. The molecule has 0 spiro atoms. The molecular formula is C23H35ClN2O5S. The first kappa shape index (κ1) is 25.3. The molecule has 180 valence electrons. The fourth-order valence-electron chi connectivity index (χ4n) is 5.30. The Morgan fingerprint density at radius 3 is 2.31 bits per heavy atom. The Bertz CT molecular complexity index is 1090. The van der Waals surface area contributed by atoms with Crippen LogP contribution in [0.5, 0.6) is 0 Å². The molecule has 0 radical (unpaired) electrons.